The predicted octanol–water partition coefficient (Wildman–Crippen LogP) is -0.125. The maximum Gasteiger partial charge on any atom is 0.249 e. The van der Waals surface area contributed by atoms with Crippen molar-refractivity contribution >= 4 is 29.2 Å². The summed E-state index contributed by atoms with van der Waals surface area (Å²) in [6.07, 6.45) is 1.92. The number of aromatic nitrogens is 3. The Hall–Kier alpha value is -1.21. The van der Waals surface area contributed by atoms with Crippen molar-refractivity contribution in [1.29, 1.82) is 0 Å². The van der Waals surface area contributed by atoms with Crippen molar-refractivity contribution in [3.63, 3.8) is 0 Å². The molecule has 2 aliphatic heterocycles. The number of rotatable bonds is 1. The Balaban J connectivity index is 2.03. The van der Waals surface area contributed by atoms with Crippen molar-refractivity contribution in [2.45, 2.75) is 11.7 Å². The summed E-state index contributed by atoms with van der Waals surface area (Å²) < 4.78 is 1.78. The molecular formula is C9H11N5OS. The molecule has 3 rings (SSSR count). The van der Waals surface area contributed by atoms with Crippen molar-refractivity contribution < 1.29 is 4.79 Å². The fraction of sp³-hybridized carbons (Fsp3) is 0.556. The van der Waals surface area contributed by atoms with Crippen LogP contribution in [0.5, 0.6) is 0 Å². The molecule has 1 aromatic rings. The Morgan fingerprint density at radius 1 is 1.56 bits per heavy atom. The molecule has 1 aromatic heterocycles. The SMILES string of the molecule is CSc1nc2n(n1)CC1CNCC(=O)C1=N2. The molecule has 0 aliphatic carbocycles. The number of carbonyl (C=O) groups excluding carboxylic acids is 1. The van der Waals surface area contributed by atoms with E-state index in [1.54, 1.807) is 4.68 Å². The molecule has 1 atom stereocenters. The van der Waals surface area contributed by atoms with Crippen molar-refractivity contribution in [2.75, 3.05) is 19.3 Å². The van der Waals surface area contributed by atoms with Gasteiger partial charge in [0.05, 0.1) is 18.8 Å². The van der Waals surface area contributed by atoms with Gasteiger partial charge in [-0.05, 0) is 6.26 Å². The standard InChI is InChI=1S/C9H11N5OS/c1-16-9-12-8-11-7-5(4-14(8)13-9)2-10-3-6(7)15/h5,10H,2-4H2,1H3. The number of Topliss-reactive ketones (excluding diaryl/α,β-unsaturated/α-hetero) is 1. The van der Waals surface area contributed by atoms with Crippen LogP contribution in [0.2, 0.25) is 0 Å². The maximum absolute atomic E-state index is 11.7. The van der Waals surface area contributed by atoms with E-state index in [0.29, 0.717) is 29.9 Å². The van der Waals surface area contributed by atoms with Crippen LogP contribution < -0.4 is 5.32 Å². The summed E-state index contributed by atoms with van der Waals surface area (Å²) in [5, 5.41) is 8.10. The number of nitrogens with one attached hydrogen (secondary N) is 1. The predicted molar refractivity (Wildman–Crippen MR) is 60.3 cm³/mol. The van der Waals surface area contributed by atoms with Gasteiger partial charge in [-0.2, -0.15) is 4.98 Å². The summed E-state index contributed by atoms with van der Waals surface area (Å²) in [5.74, 6) is 0.784. The van der Waals surface area contributed by atoms with Crippen LogP contribution >= 0.6 is 11.8 Å². The smallest absolute Gasteiger partial charge is 0.249 e. The van der Waals surface area contributed by atoms with Gasteiger partial charge in [0, 0.05) is 12.5 Å². The Labute approximate surface area is 96.5 Å². The van der Waals surface area contributed by atoms with Crippen molar-refractivity contribution in [2.24, 2.45) is 10.9 Å². The average molecular weight is 237 g/mol. The number of piperidine rings is 1. The molecular weight excluding hydrogens is 226 g/mol. The minimum Gasteiger partial charge on any atom is -0.309 e. The molecule has 16 heavy (non-hydrogen) atoms. The molecule has 0 spiro atoms. The summed E-state index contributed by atoms with van der Waals surface area (Å²) in [6, 6.07) is 0. The number of aliphatic imine (C=N–C) groups is 1. The van der Waals surface area contributed by atoms with Gasteiger partial charge in [0.25, 0.3) is 0 Å². The van der Waals surface area contributed by atoms with E-state index in [-0.39, 0.29) is 11.7 Å². The average Bonchev–Trinajstić information content (AvgIpc) is 2.69. The lowest BCUT2D eigenvalue weighted by molar-refractivity contribution is -0.113. The first kappa shape index (κ1) is 9.98. The van der Waals surface area contributed by atoms with Gasteiger partial charge in [-0.15, -0.1) is 5.10 Å². The van der Waals surface area contributed by atoms with E-state index in [4.69, 9.17) is 0 Å². The van der Waals surface area contributed by atoms with Gasteiger partial charge >= 0.3 is 0 Å². The molecule has 0 amide bonds. The fourth-order valence-corrected chi connectivity index (χ4v) is 2.35. The van der Waals surface area contributed by atoms with Crippen molar-refractivity contribution in [3.8, 4) is 0 Å². The third-order valence-electron chi connectivity index (χ3n) is 2.78. The molecule has 0 radical (unpaired) electrons. The lowest BCUT2D eigenvalue weighted by Crippen LogP contribution is -2.47. The first-order chi connectivity index (χ1) is 7.78. The highest BCUT2D eigenvalue weighted by molar-refractivity contribution is 7.98. The lowest BCUT2D eigenvalue weighted by atomic mass is 9.95. The zero-order valence-corrected chi connectivity index (χ0v) is 9.62. The quantitative estimate of drug-likeness (QED) is 0.689. The van der Waals surface area contributed by atoms with Crippen molar-refractivity contribution in [3.05, 3.63) is 0 Å². The van der Waals surface area contributed by atoms with Crippen molar-refractivity contribution in [1.82, 2.24) is 20.1 Å². The molecule has 2 aliphatic rings. The number of hydrogen-bond donors (Lipinski definition) is 1. The number of nitrogens with zero attached hydrogens (tertiary/aromatic N) is 4. The molecule has 0 saturated carbocycles. The van der Waals surface area contributed by atoms with E-state index in [2.05, 4.69) is 20.4 Å². The van der Waals surface area contributed by atoms with E-state index in [1.807, 2.05) is 6.26 Å². The van der Waals surface area contributed by atoms with Gasteiger partial charge in [0.15, 0.2) is 5.78 Å². The summed E-state index contributed by atoms with van der Waals surface area (Å²) in [6.45, 7) is 1.87. The highest BCUT2D eigenvalue weighted by Crippen LogP contribution is 2.24. The molecule has 3 heterocycles. The van der Waals surface area contributed by atoms with Crippen LogP contribution in [0, 0.1) is 5.92 Å². The molecule has 1 unspecified atom stereocenters. The van der Waals surface area contributed by atoms with Gasteiger partial charge < -0.3 is 5.32 Å². The molecule has 1 N–H and O–H groups in total. The minimum atomic E-state index is 0.0798. The summed E-state index contributed by atoms with van der Waals surface area (Å²) >= 11 is 1.48. The third kappa shape index (κ3) is 1.47. The van der Waals surface area contributed by atoms with E-state index >= 15 is 0 Å². The second-order valence-corrected chi connectivity index (χ2v) is 4.60. The van der Waals surface area contributed by atoms with E-state index in [9.17, 15) is 4.79 Å². The number of carbonyl (C=O) groups is 1. The van der Waals surface area contributed by atoms with E-state index in [1.165, 1.54) is 11.8 Å². The molecule has 6 nitrogen and oxygen atoms in total. The second kappa shape index (κ2) is 3.67. The van der Waals surface area contributed by atoms with Crippen LogP contribution in [-0.4, -0.2) is 45.6 Å². The molecule has 7 heteroatoms. The van der Waals surface area contributed by atoms with Crippen LogP contribution in [0.3, 0.4) is 0 Å². The molecule has 1 saturated heterocycles. The largest absolute Gasteiger partial charge is 0.309 e. The highest BCUT2D eigenvalue weighted by Gasteiger charge is 2.32. The maximum atomic E-state index is 11.7. The van der Waals surface area contributed by atoms with Crippen LogP contribution in [0.4, 0.5) is 5.95 Å². The van der Waals surface area contributed by atoms with Crippen LogP contribution in [0.15, 0.2) is 10.1 Å². The Kier molecular flexibility index (Phi) is 2.29. The second-order valence-electron chi connectivity index (χ2n) is 3.83. The Morgan fingerprint density at radius 3 is 3.25 bits per heavy atom. The number of hydrogen-bond acceptors (Lipinski definition) is 6. The molecule has 1 fully saturated rings. The summed E-state index contributed by atoms with van der Waals surface area (Å²) in [5.41, 5.74) is 0.659. The Bertz CT molecular complexity index is 480. The number of ketones is 1. The lowest BCUT2D eigenvalue weighted by Gasteiger charge is -2.26. The minimum absolute atomic E-state index is 0.0798. The monoisotopic (exact) mass is 237 g/mol. The van der Waals surface area contributed by atoms with Crippen LogP contribution in [0.1, 0.15) is 0 Å². The Morgan fingerprint density at radius 2 is 2.44 bits per heavy atom. The molecule has 0 bridgehead atoms. The normalized spacial score (nSPS) is 23.7. The van der Waals surface area contributed by atoms with E-state index < -0.39 is 0 Å². The van der Waals surface area contributed by atoms with Gasteiger partial charge in [-0.25, -0.2) is 9.67 Å². The third-order valence-corrected chi connectivity index (χ3v) is 3.32. The molecule has 0 aromatic carbocycles. The van der Waals surface area contributed by atoms with Gasteiger partial charge in [0.2, 0.25) is 11.1 Å². The highest BCUT2D eigenvalue weighted by atomic mass is 32.2. The summed E-state index contributed by atoms with van der Waals surface area (Å²) in [7, 11) is 0. The summed E-state index contributed by atoms with van der Waals surface area (Å²) in [4.78, 5) is 20.2. The number of thioether (sulfide) groups is 1. The van der Waals surface area contributed by atoms with Crippen LogP contribution in [-0.2, 0) is 11.3 Å². The van der Waals surface area contributed by atoms with Crippen LogP contribution in [0.25, 0.3) is 0 Å². The first-order valence-electron chi connectivity index (χ1n) is 5.09. The zero-order valence-electron chi connectivity index (χ0n) is 8.80. The zero-order chi connectivity index (χ0) is 11.1. The van der Waals surface area contributed by atoms with E-state index in [0.717, 1.165) is 6.54 Å². The first-order valence-corrected chi connectivity index (χ1v) is 6.31. The topological polar surface area (TPSA) is 72.2 Å². The molecule has 84 valence electrons. The van der Waals surface area contributed by atoms with Gasteiger partial charge in [-0.3, -0.25) is 4.79 Å². The van der Waals surface area contributed by atoms with Gasteiger partial charge in [0.1, 0.15) is 0 Å². The number of fused-ring (bicyclic) bond motifs is 2. The van der Waals surface area contributed by atoms with Gasteiger partial charge in [-0.1, -0.05) is 11.8 Å². The fourth-order valence-electron chi connectivity index (χ4n) is 2.00.